The van der Waals surface area contributed by atoms with Crippen LogP contribution in [0.1, 0.15) is 18.5 Å². The van der Waals surface area contributed by atoms with Gasteiger partial charge in [0.25, 0.3) is 0 Å². The van der Waals surface area contributed by atoms with E-state index in [4.69, 9.17) is 0 Å². The van der Waals surface area contributed by atoms with Gasteiger partial charge in [-0.05, 0) is 25.0 Å². The van der Waals surface area contributed by atoms with Gasteiger partial charge in [-0.1, -0.05) is 6.07 Å². The Labute approximate surface area is 126 Å². The van der Waals surface area contributed by atoms with Crippen molar-refractivity contribution in [3.8, 4) is 0 Å². The van der Waals surface area contributed by atoms with Gasteiger partial charge in [0.2, 0.25) is 5.91 Å². The minimum Gasteiger partial charge on any atom is -0.342 e. The molecule has 1 aromatic rings. The van der Waals surface area contributed by atoms with E-state index in [9.17, 15) is 4.79 Å². The molecule has 2 aliphatic rings. The molecule has 0 unspecified atom stereocenters. The van der Waals surface area contributed by atoms with Crippen LogP contribution in [-0.4, -0.2) is 71.4 Å². The predicted molar refractivity (Wildman–Crippen MR) is 81.8 cm³/mol. The molecule has 0 spiro atoms. The number of rotatable bonds is 4. The van der Waals surface area contributed by atoms with Gasteiger partial charge < -0.3 is 4.90 Å². The molecular formula is C16H24N4O. The van der Waals surface area contributed by atoms with Gasteiger partial charge in [-0.3, -0.25) is 19.6 Å². The first-order valence-corrected chi connectivity index (χ1v) is 7.94. The van der Waals surface area contributed by atoms with Crippen molar-refractivity contribution in [2.75, 3.05) is 45.8 Å². The van der Waals surface area contributed by atoms with Crippen LogP contribution in [0, 0.1) is 0 Å². The largest absolute Gasteiger partial charge is 0.342 e. The third kappa shape index (κ3) is 4.02. The lowest BCUT2D eigenvalue weighted by Crippen LogP contribution is -2.49. The second kappa shape index (κ2) is 7.00. The summed E-state index contributed by atoms with van der Waals surface area (Å²) in [5.41, 5.74) is 1.12. The van der Waals surface area contributed by atoms with E-state index in [1.807, 2.05) is 23.2 Å². The number of piperazine rings is 1. The lowest BCUT2D eigenvalue weighted by molar-refractivity contribution is -0.131. The second-order valence-corrected chi connectivity index (χ2v) is 5.96. The fourth-order valence-electron chi connectivity index (χ4n) is 3.08. The monoisotopic (exact) mass is 288 g/mol. The number of hydrogen-bond acceptors (Lipinski definition) is 4. The fraction of sp³-hybridized carbons (Fsp3) is 0.625. The lowest BCUT2D eigenvalue weighted by Gasteiger charge is -2.34. The second-order valence-electron chi connectivity index (χ2n) is 5.96. The van der Waals surface area contributed by atoms with E-state index >= 15 is 0 Å². The molecule has 0 atom stereocenters. The quantitative estimate of drug-likeness (QED) is 0.822. The summed E-state index contributed by atoms with van der Waals surface area (Å²) in [6.45, 7) is 7.41. The average molecular weight is 288 g/mol. The Morgan fingerprint density at radius 2 is 1.71 bits per heavy atom. The van der Waals surface area contributed by atoms with Crippen molar-refractivity contribution in [1.82, 2.24) is 19.7 Å². The van der Waals surface area contributed by atoms with Crippen LogP contribution in [0.25, 0.3) is 0 Å². The molecule has 0 saturated carbocycles. The van der Waals surface area contributed by atoms with Crippen LogP contribution in [0.2, 0.25) is 0 Å². The number of nitrogens with zero attached hydrogens (tertiary/aromatic N) is 4. The zero-order chi connectivity index (χ0) is 14.5. The summed E-state index contributed by atoms with van der Waals surface area (Å²) >= 11 is 0. The fourth-order valence-corrected chi connectivity index (χ4v) is 3.08. The van der Waals surface area contributed by atoms with E-state index in [2.05, 4.69) is 20.9 Å². The molecular weight excluding hydrogens is 264 g/mol. The molecule has 0 bridgehead atoms. The van der Waals surface area contributed by atoms with E-state index in [1.165, 1.54) is 12.8 Å². The van der Waals surface area contributed by atoms with E-state index in [-0.39, 0.29) is 0 Å². The molecule has 21 heavy (non-hydrogen) atoms. The molecule has 1 aromatic heterocycles. The van der Waals surface area contributed by atoms with Crippen molar-refractivity contribution >= 4 is 5.91 Å². The summed E-state index contributed by atoms with van der Waals surface area (Å²) in [5, 5.41) is 0. The number of likely N-dealkylation sites (tertiary alicyclic amines) is 1. The first-order chi connectivity index (χ1) is 10.3. The molecule has 1 amide bonds. The van der Waals surface area contributed by atoms with Gasteiger partial charge in [-0.25, -0.2) is 0 Å². The topological polar surface area (TPSA) is 39.7 Å². The Balaban J connectivity index is 1.41. The first kappa shape index (κ1) is 14.5. The molecule has 2 aliphatic heterocycles. The molecule has 0 N–H and O–H groups in total. The van der Waals surface area contributed by atoms with Gasteiger partial charge in [0.05, 0.1) is 12.2 Å². The lowest BCUT2D eigenvalue weighted by atomic mass is 10.2. The van der Waals surface area contributed by atoms with Gasteiger partial charge in [0.1, 0.15) is 0 Å². The van der Waals surface area contributed by atoms with Gasteiger partial charge in [-0.15, -0.1) is 0 Å². The van der Waals surface area contributed by atoms with Crippen LogP contribution in [0.4, 0.5) is 0 Å². The van der Waals surface area contributed by atoms with Crippen LogP contribution in [0.5, 0.6) is 0 Å². The van der Waals surface area contributed by atoms with Crippen LogP contribution in [-0.2, 0) is 11.3 Å². The number of carbonyl (C=O) groups excluding carboxylic acids is 1. The summed E-state index contributed by atoms with van der Waals surface area (Å²) in [6, 6.07) is 6.06. The molecule has 2 saturated heterocycles. The van der Waals surface area contributed by atoms with E-state index < -0.39 is 0 Å². The van der Waals surface area contributed by atoms with Crippen molar-refractivity contribution in [2.24, 2.45) is 0 Å². The zero-order valence-electron chi connectivity index (χ0n) is 12.6. The molecule has 0 radical (unpaired) electrons. The van der Waals surface area contributed by atoms with Crippen LogP contribution < -0.4 is 0 Å². The molecule has 5 heteroatoms. The summed E-state index contributed by atoms with van der Waals surface area (Å²) in [7, 11) is 0. The number of hydrogen-bond donors (Lipinski definition) is 0. The summed E-state index contributed by atoms with van der Waals surface area (Å²) < 4.78 is 0. The van der Waals surface area contributed by atoms with E-state index in [0.29, 0.717) is 12.5 Å². The summed E-state index contributed by atoms with van der Waals surface area (Å²) in [4.78, 5) is 23.2. The average Bonchev–Trinajstić information content (AvgIpc) is 3.05. The highest BCUT2D eigenvalue weighted by molar-refractivity contribution is 5.78. The maximum absolute atomic E-state index is 12.1. The number of amides is 1. The Morgan fingerprint density at radius 3 is 2.38 bits per heavy atom. The van der Waals surface area contributed by atoms with Crippen molar-refractivity contribution < 1.29 is 4.79 Å². The molecule has 114 valence electrons. The van der Waals surface area contributed by atoms with Gasteiger partial charge in [0.15, 0.2) is 0 Å². The summed E-state index contributed by atoms with van der Waals surface area (Å²) in [6.07, 6.45) is 4.19. The van der Waals surface area contributed by atoms with Crippen molar-refractivity contribution in [2.45, 2.75) is 19.4 Å². The Kier molecular flexibility index (Phi) is 4.83. The third-order valence-electron chi connectivity index (χ3n) is 4.39. The first-order valence-electron chi connectivity index (χ1n) is 7.94. The molecule has 0 aromatic carbocycles. The Hall–Kier alpha value is -1.46. The van der Waals surface area contributed by atoms with Crippen molar-refractivity contribution in [1.29, 1.82) is 0 Å². The summed E-state index contributed by atoms with van der Waals surface area (Å²) in [5.74, 6) is 0.311. The Bertz CT molecular complexity index is 451. The minimum absolute atomic E-state index is 0.311. The number of aromatic nitrogens is 1. The Morgan fingerprint density at radius 1 is 1.00 bits per heavy atom. The number of carbonyl (C=O) groups is 1. The smallest absolute Gasteiger partial charge is 0.236 e. The van der Waals surface area contributed by atoms with Crippen LogP contribution in [0.3, 0.4) is 0 Å². The van der Waals surface area contributed by atoms with Crippen molar-refractivity contribution in [3.63, 3.8) is 0 Å². The molecule has 0 aliphatic carbocycles. The van der Waals surface area contributed by atoms with Crippen molar-refractivity contribution in [3.05, 3.63) is 30.1 Å². The molecule has 2 fully saturated rings. The van der Waals surface area contributed by atoms with Gasteiger partial charge in [-0.2, -0.15) is 0 Å². The highest BCUT2D eigenvalue weighted by atomic mass is 16.2. The van der Waals surface area contributed by atoms with E-state index in [0.717, 1.165) is 51.5 Å². The zero-order valence-corrected chi connectivity index (χ0v) is 12.6. The third-order valence-corrected chi connectivity index (χ3v) is 4.39. The van der Waals surface area contributed by atoms with E-state index in [1.54, 1.807) is 0 Å². The molecule has 5 nitrogen and oxygen atoms in total. The van der Waals surface area contributed by atoms with Crippen LogP contribution in [0.15, 0.2) is 24.4 Å². The number of pyridine rings is 1. The highest BCUT2D eigenvalue weighted by Gasteiger charge is 2.23. The maximum atomic E-state index is 12.1. The molecule has 3 rings (SSSR count). The minimum atomic E-state index is 0.311. The molecule has 3 heterocycles. The maximum Gasteiger partial charge on any atom is 0.236 e. The normalized spacial score (nSPS) is 20.9. The van der Waals surface area contributed by atoms with Crippen LogP contribution >= 0.6 is 0 Å². The predicted octanol–water partition coefficient (Wildman–Crippen LogP) is 0.822. The van der Waals surface area contributed by atoms with Gasteiger partial charge in [0, 0.05) is 52.0 Å². The van der Waals surface area contributed by atoms with Gasteiger partial charge >= 0.3 is 0 Å². The standard InChI is InChI=1S/C16H24N4O/c21-16(20-7-3-4-8-20)14-19-11-9-18(10-12-19)13-15-5-1-2-6-17-15/h1-2,5-6H,3-4,7-14H2. The highest BCUT2D eigenvalue weighted by Crippen LogP contribution is 2.10. The SMILES string of the molecule is O=C(CN1CCN(Cc2ccccn2)CC1)N1CCCC1.